The van der Waals surface area contributed by atoms with Crippen LogP contribution >= 0.6 is 11.3 Å². The number of benzene rings is 1. The van der Waals surface area contributed by atoms with Crippen molar-refractivity contribution in [1.29, 1.82) is 5.26 Å². The number of hydrogen-bond acceptors (Lipinski definition) is 6. The Balaban J connectivity index is 1.74. The average Bonchev–Trinajstić information content (AvgIpc) is 3.07. The molecule has 7 nitrogen and oxygen atoms in total. The molecule has 3 aromatic rings. The molecule has 116 valence electrons. The van der Waals surface area contributed by atoms with E-state index in [0.29, 0.717) is 10.6 Å². The van der Waals surface area contributed by atoms with E-state index in [9.17, 15) is 4.79 Å². The minimum Gasteiger partial charge on any atom is -0.440 e. The van der Waals surface area contributed by atoms with Gasteiger partial charge in [0.2, 0.25) is 4.96 Å². The van der Waals surface area contributed by atoms with E-state index in [1.54, 1.807) is 23.6 Å². The van der Waals surface area contributed by atoms with E-state index in [1.165, 1.54) is 11.3 Å². The van der Waals surface area contributed by atoms with Crippen molar-refractivity contribution in [3.05, 3.63) is 46.7 Å². The van der Waals surface area contributed by atoms with Gasteiger partial charge in [0.05, 0.1) is 10.6 Å². The van der Waals surface area contributed by atoms with Crippen molar-refractivity contribution >= 4 is 28.1 Å². The van der Waals surface area contributed by atoms with Crippen molar-refractivity contribution in [2.45, 2.75) is 20.0 Å². The summed E-state index contributed by atoms with van der Waals surface area (Å²) in [7, 11) is 0. The number of carbonyl (C=O) groups excluding carboxylic acids is 1. The molecule has 23 heavy (non-hydrogen) atoms. The standard InChI is InChI=1S/C15H13N5O2S/c1-9-13(23-14-18-12(8-16)19-20(9)14)10(2)22-15(21)17-11-6-4-3-5-7-11/h3-7,10H,1-2H3,(H,17,21). The van der Waals surface area contributed by atoms with Crippen LogP contribution in [0.2, 0.25) is 0 Å². The first-order chi connectivity index (χ1) is 11.1. The Kier molecular flexibility index (Phi) is 3.95. The lowest BCUT2D eigenvalue weighted by Gasteiger charge is -2.13. The third-order valence-corrected chi connectivity index (χ3v) is 4.52. The number of rotatable bonds is 3. The van der Waals surface area contributed by atoms with Crippen molar-refractivity contribution in [1.82, 2.24) is 14.6 Å². The second-order valence-corrected chi connectivity index (χ2v) is 5.84. The number of hydrogen-bond donors (Lipinski definition) is 1. The summed E-state index contributed by atoms with van der Waals surface area (Å²) in [6.07, 6.45) is -0.974. The highest BCUT2D eigenvalue weighted by atomic mass is 32.1. The summed E-state index contributed by atoms with van der Waals surface area (Å²) in [5.41, 5.74) is 1.47. The molecule has 3 rings (SSSR count). The summed E-state index contributed by atoms with van der Waals surface area (Å²) < 4.78 is 6.99. The van der Waals surface area contributed by atoms with Gasteiger partial charge in [-0.05, 0) is 26.0 Å². The Labute approximate surface area is 136 Å². The number of fused-ring (bicyclic) bond motifs is 1. The van der Waals surface area contributed by atoms with Crippen LogP contribution in [0, 0.1) is 18.3 Å². The van der Waals surface area contributed by atoms with Crippen molar-refractivity contribution in [2.24, 2.45) is 0 Å². The largest absolute Gasteiger partial charge is 0.440 e. The molecule has 0 bridgehead atoms. The molecule has 8 heteroatoms. The smallest absolute Gasteiger partial charge is 0.412 e. The number of ether oxygens (including phenoxy) is 1. The van der Waals surface area contributed by atoms with Gasteiger partial charge in [0, 0.05) is 5.69 Å². The number of thiazole rings is 1. The lowest BCUT2D eigenvalue weighted by molar-refractivity contribution is 0.122. The summed E-state index contributed by atoms with van der Waals surface area (Å²) in [4.78, 5) is 17.5. The van der Waals surface area contributed by atoms with E-state index in [1.807, 2.05) is 31.2 Å². The van der Waals surface area contributed by atoms with Gasteiger partial charge < -0.3 is 4.74 Å². The lowest BCUT2D eigenvalue weighted by Crippen LogP contribution is -2.16. The van der Waals surface area contributed by atoms with Crippen LogP contribution in [0.25, 0.3) is 4.96 Å². The van der Waals surface area contributed by atoms with Crippen molar-refractivity contribution in [2.75, 3.05) is 5.32 Å². The number of anilines is 1. The van der Waals surface area contributed by atoms with E-state index in [0.717, 1.165) is 10.6 Å². The molecule has 1 N–H and O–H groups in total. The molecule has 0 saturated carbocycles. The van der Waals surface area contributed by atoms with Crippen LogP contribution in [-0.4, -0.2) is 20.7 Å². The third-order valence-electron chi connectivity index (χ3n) is 3.23. The lowest BCUT2D eigenvalue weighted by atomic mass is 10.3. The molecule has 2 heterocycles. The molecule has 1 aromatic carbocycles. The number of para-hydroxylation sites is 1. The minimum atomic E-state index is -0.528. The van der Waals surface area contributed by atoms with Gasteiger partial charge in [0.15, 0.2) is 0 Å². The molecule has 0 aliphatic heterocycles. The van der Waals surface area contributed by atoms with Crippen LogP contribution in [0.15, 0.2) is 30.3 Å². The predicted octanol–water partition coefficient (Wildman–Crippen LogP) is 3.28. The van der Waals surface area contributed by atoms with Crippen LogP contribution < -0.4 is 5.32 Å². The molecule has 0 aliphatic carbocycles. The van der Waals surface area contributed by atoms with Crippen LogP contribution in [-0.2, 0) is 4.74 Å². The summed E-state index contributed by atoms with van der Waals surface area (Å²) in [5.74, 6) is 0.126. The highest BCUT2D eigenvalue weighted by molar-refractivity contribution is 7.17. The van der Waals surface area contributed by atoms with Crippen LogP contribution in [0.1, 0.15) is 29.4 Å². The van der Waals surface area contributed by atoms with Gasteiger partial charge in [-0.1, -0.05) is 29.5 Å². The Morgan fingerprint density at radius 1 is 1.43 bits per heavy atom. The first-order valence-corrected chi connectivity index (χ1v) is 7.69. The summed E-state index contributed by atoms with van der Waals surface area (Å²) in [5, 5.41) is 15.6. The second-order valence-electron chi connectivity index (χ2n) is 4.83. The summed E-state index contributed by atoms with van der Waals surface area (Å²) in [6, 6.07) is 11.0. The number of aryl methyl sites for hydroxylation is 1. The number of amides is 1. The molecule has 0 spiro atoms. The molecule has 0 aliphatic rings. The maximum atomic E-state index is 12.0. The Morgan fingerprint density at radius 2 is 2.17 bits per heavy atom. The Hall–Kier alpha value is -2.92. The first kappa shape index (κ1) is 15.0. The first-order valence-electron chi connectivity index (χ1n) is 6.87. The van der Waals surface area contributed by atoms with Gasteiger partial charge >= 0.3 is 6.09 Å². The predicted molar refractivity (Wildman–Crippen MR) is 85.3 cm³/mol. The average molecular weight is 327 g/mol. The number of aromatic nitrogens is 3. The normalized spacial score (nSPS) is 11.9. The second kappa shape index (κ2) is 6.06. The molecule has 0 fully saturated rings. The topological polar surface area (TPSA) is 92.3 Å². The molecular weight excluding hydrogens is 314 g/mol. The van der Waals surface area contributed by atoms with Gasteiger partial charge in [-0.15, -0.1) is 5.10 Å². The highest BCUT2D eigenvalue weighted by Crippen LogP contribution is 2.29. The number of carbonyl (C=O) groups is 1. The third kappa shape index (κ3) is 3.00. The van der Waals surface area contributed by atoms with Gasteiger partial charge in [0.1, 0.15) is 12.2 Å². The van der Waals surface area contributed by atoms with E-state index in [2.05, 4.69) is 15.4 Å². The van der Waals surface area contributed by atoms with E-state index >= 15 is 0 Å². The fourth-order valence-electron chi connectivity index (χ4n) is 2.17. The van der Waals surface area contributed by atoms with Crippen LogP contribution in [0.4, 0.5) is 10.5 Å². The maximum absolute atomic E-state index is 12.0. The maximum Gasteiger partial charge on any atom is 0.412 e. The zero-order chi connectivity index (χ0) is 16.4. The SMILES string of the molecule is Cc1c(C(C)OC(=O)Nc2ccccc2)sc2nc(C#N)nn12. The van der Waals surface area contributed by atoms with Crippen LogP contribution in [0.3, 0.4) is 0 Å². The van der Waals surface area contributed by atoms with E-state index in [-0.39, 0.29) is 5.82 Å². The highest BCUT2D eigenvalue weighted by Gasteiger charge is 2.20. The zero-order valence-corrected chi connectivity index (χ0v) is 13.3. The molecule has 1 atom stereocenters. The zero-order valence-electron chi connectivity index (χ0n) is 12.5. The fraction of sp³-hybridized carbons (Fsp3) is 0.200. The quantitative estimate of drug-likeness (QED) is 0.797. The van der Waals surface area contributed by atoms with Gasteiger partial charge in [-0.25, -0.2) is 9.31 Å². The van der Waals surface area contributed by atoms with Crippen LogP contribution in [0.5, 0.6) is 0 Å². The fourth-order valence-corrected chi connectivity index (χ4v) is 3.21. The van der Waals surface area contributed by atoms with Gasteiger partial charge in [-0.3, -0.25) is 5.32 Å². The van der Waals surface area contributed by atoms with E-state index < -0.39 is 12.2 Å². The molecule has 2 aromatic heterocycles. The minimum absolute atomic E-state index is 0.126. The molecule has 1 amide bonds. The van der Waals surface area contributed by atoms with Crippen molar-refractivity contribution in [3.8, 4) is 6.07 Å². The van der Waals surface area contributed by atoms with Crippen molar-refractivity contribution in [3.63, 3.8) is 0 Å². The Bertz CT molecular complexity index is 894. The number of nitrogens with zero attached hydrogens (tertiary/aromatic N) is 4. The van der Waals surface area contributed by atoms with Crippen molar-refractivity contribution < 1.29 is 9.53 Å². The van der Waals surface area contributed by atoms with Gasteiger partial charge in [0.25, 0.3) is 5.82 Å². The molecular formula is C15H13N5O2S. The Morgan fingerprint density at radius 3 is 2.83 bits per heavy atom. The van der Waals surface area contributed by atoms with Gasteiger partial charge in [-0.2, -0.15) is 10.2 Å². The number of nitriles is 1. The molecule has 0 saturated heterocycles. The molecule has 0 radical (unpaired) electrons. The summed E-state index contributed by atoms with van der Waals surface area (Å²) >= 11 is 1.35. The summed E-state index contributed by atoms with van der Waals surface area (Å²) in [6.45, 7) is 3.64. The van der Waals surface area contributed by atoms with E-state index in [4.69, 9.17) is 10.00 Å². The number of nitrogens with one attached hydrogen (secondary N) is 1. The molecule has 1 unspecified atom stereocenters. The monoisotopic (exact) mass is 327 g/mol.